The van der Waals surface area contributed by atoms with E-state index >= 15 is 0 Å². The maximum Gasteiger partial charge on any atom is 0.341 e. The van der Waals surface area contributed by atoms with E-state index in [1.165, 1.54) is 29.4 Å². The molecule has 5 nitrogen and oxygen atoms in total. The van der Waals surface area contributed by atoms with E-state index in [-0.39, 0.29) is 5.91 Å². The molecule has 0 unspecified atom stereocenters. The average Bonchev–Trinajstić information content (AvgIpc) is 3.08. The van der Waals surface area contributed by atoms with Crippen molar-refractivity contribution in [1.29, 1.82) is 0 Å². The van der Waals surface area contributed by atoms with Crippen molar-refractivity contribution >= 4 is 34.3 Å². The number of carbonyl (C=O) groups excluding carboxylic acids is 2. The zero-order valence-electron chi connectivity index (χ0n) is 16.2. The second kappa shape index (κ2) is 9.55. The summed E-state index contributed by atoms with van der Waals surface area (Å²) in [6.07, 6.45) is 8.06. The predicted molar refractivity (Wildman–Crippen MR) is 112 cm³/mol. The number of aryl methyl sites for hydroxylation is 1. The summed E-state index contributed by atoms with van der Waals surface area (Å²) in [5.74, 6) is 0.0706. The lowest BCUT2D eigenvalue weighted by Gasteiger charge is -2.11. The van der Waals surface area contributed by atoms with Gasteiger partial charge in [0.1, 0.15) is 10.8 Å². The zero-order chi connectivity index (χ0) is 19.9. The fourth-order valence-electron chi connectivity index (χ4n) is 3.25. The van der Waals surface area contributed by atoms with E-state index in [0.29, 0.717) is 17.2 Å². The predicted octanol–water partition coefficient (Wildman–Crippen LogP) is 4.85. The lowest BCUT2D eigenvalue weighted by atomic mass is 9.95. The molecule has 2 aromatic rings. The van der Waals surface area contributed by atoms with Gasteiger partial charge in [0.25, 0.3) is 0 Å². The van der Waals surface area contributed by atoms with Crippen LogP contribution < -0.4 is 10.1 Å². The second-order valence-electron chi connectivity index (χ2n) is 6.62. The highest BCUT2D eigenvalue weighted by Crippen LogP contribution is 2.38. The summed E-state index contributed by atoms with van der Waals surface area (Å²) in [7, 11) is 1.37. The smallest absolute Gasteiger partial charge is 0.341 e. The molecule has 6 heteroatoms. The van der Waals surface area contributed by atoms with Gasteiger partial charge in [-0.3, -0.25) is 4.79 Å². The number of fused-ring (bicyclic) bond motifs is 1. The van der Waals surface area contributed by atoms with Crippen LogP contribution in [0.25, 0.3) is 6.08 Å². The van der Waals surface area contributed by atoms with Crippen LogP contribution >= 0.6 is 11.3 Å². The summed E-state index contributed by atoms with van der Waals surface area (Å²) in [5.41, 5.74) is 2.38. The minimum absolute atomic E-state index is 0.283. The van der Waals surface area contributed by atoms with Crippen LogP contribution in [0.1, 0.15) is 52.5 Å². The van der Waals surface area contributed by atoms with E-state index in [1.807, 2.05) is 31.2 Å². The summed E-state index contributed by atoms with van der Waals surface area (Å²) in [6, 6.07) is 7.59. The normalized spacial score (nSPS) is 13.2. The molecule has 1 aliphatic carbocycles. The standard InChI is InChI=1S/C22H25NO4S/c1-3-14-27-17-10-6-4-8-15(17)12-13-19(24)23-21-20(22(25)26-2)16-9-5-7-11-18(16)28-21/h4,6,8,10,12-13H,3,5,7,9,11,14H2,1-2H3,(H,23,24)/b13-12+. The number of carbonyl (C=O) groups is 2. The summed E-state index contributed by atoms with van der Waals surface area (Å²) >= 11 is 1.48. The van der Waals surface area contributed by atoms with Crippen LogP contribution in [0.4, 0.5) is 5.00 Å². The van der Waals surface area contributed by atoms with Crippen molar-refractivity contribution in [1.82, 2.24) is 0 Å². The molecule has 0 aliphatic heterocycles. The van der Waals surface area contributed by atoms with Gasteiger partial charge in [-0.05, 0) is 49.8 Å². The molecular weight excluding hydrogens is 374 g/mol. The Kier molecular flexibility index (Phi) is 6.87. The molecule has 0 saturated carbocycles. The molecule has 148 valence electrons. The molecule has 1 aromatic carbocycles. The number of methoxy groups -OCH3 is 1. The Hall–Kier alpha value is -2.60. The maximum atomic E-state index is 12.5. The number of esters is 1. The summed E-state index contributed by atoms with van der Waals surface area (Å²) < 4.78 is 10.7. The van der Waals surface area contributed by atoms with E-state index in [4.69, 9.17) is 9.47 Å². The number of para-hydroxylation sites is 1. The van der Waals surface area contributed by atoms with Gasteiger partial charge in [0, 0.05) is 16.5 Å². The van der Waals surface area contributed by atoms with Crippen LogP contribution in [0.15, 0.2) is 30.3 Å². The number of ether oxygens (including phenoxy) is 2. The molecule has 0 spiro atoms. The Bertz CT molecular complexity index is 885. The SMILES string of the molecule is CCCOc1ccccc1/C=C/C(=O)Nc1sc2c(c1C(=O)OC)CCCC2. The van der Waals surface area contributed by atoms with Crippen molar-refractivity contribution < 1.29 is 19.1 Å². The third kappa shape index (κ3) is 4.62. The molecular formula is C22H25NO4S. The largest absolute Gasteiger partial charge is 0.493 e. The van der Waals surface area contributed by atoms with Crippen LogP contribution in [-0.2, 0) is 22.4 Å². The van der Waals surface area contributed by atoms with E-state index in [0.717, 1.165) is 49.0 Å². The van der Waals surface area contributed by atoms with Crippen molar-refractivity contribution in [3.05, 3.63) is 51.9 Å². The van der Waals surface area contributed by atoms with Gasteiger partial charge in [0.15, 0.2) is 0 Å². The Morgan fingerprint density at radius 1 is 1.21 bits per heavy atom. The fourth-order valence-corrected chi connectivity index (χ4v) is 4.53. The number of hydrogen-bond donors (Lipinski definition) is 1. The third-order valence-electron chi connectivity index (χ3n) is 4.59. The minimum atomic E-state index is -0.392. The number of rotatable bonds is 7. The van der Waals surface area contributed by atoms with E-state index < -0.39 is 5.97 Å². The quantitative estimate of drug-likeness (QED) is 0.534. The van der Waals surface area contributed by atoms with Gasteiger partial charge in [-0.1, -0.05) is 25.1 Å². The second-order valence-corrected chi connectivity index (χ2v) is 7.72. The fraction of sp³-hybridized carbons (Fsp3) is 0.364. The van der Waals surface area contributed by atoms with Gasteiger partial charge in [-0.15, -0.1) is 11.3 Å². The first-order valence-electron chi connectivity index (χ1n) is 9.57. The summed E-state index contributed by atoms with van der Waals surface area (Å²) in [5, 5.41) is 3.44. The maximum absolute atomic E-state index is 12.5. The monoisotopic (exact) mass is 399 g/mol. The van der Waals surface area contributed by atoms with Crippen molar-refractivity contribution in [2.24, 2.45) is 0 Å². The van der Waals surface area contributed by atoms with Crippen molar-refractivity contribution in [2.45, 2.75) is 39.0 Å². The number of benzene rings is 1. The Morgan fingerprint density at radius 2 is 2.00 bits per heavy atom. The van der Waals surface area contributed by atoms with Gasteiger partial charge in [0.2, 0.25) is 5.91 Å². The highest BCUT2D eigenvalue weighted by molar-refractivity contribution is 7.17. The van der Waals surface area contributed by atoms with Crippen molar-refractivity contribution in [3.8, 4) is 5.75 Å². The van der Waals surface area contributed by atoms with Crippen molar-refractivity contribution in [2.75, 3.05) is 19.0 Å². The molecule has 0 atom stereocenters. The van der Waals surface area contributed by atoms with Crippen LogP contribution in [-0.4, -0.2) is 25.6 Å². The van der Waals surface area contributed by atoms with Gasteiger partial charge in [-0.25, -0.2) is 4.79 Å². The zero-order valence-corrected chi connectivity index (χ0v) is 17.1. The highest BCUT2D eigenvalue weighted by Gasteiger charge is 2.26. The number of hydrogen-bond acceptors (Lipinski definition) is 5. The minimum Gasteiger partial charge on any atom is -0.493 e. The Morgan fingerprint density at radius 3 is 2.79 bits per heavy atom. The number of thiophene rings is 1. The highest BCUT2D eigenvalue weighted by atomic mass is 32.1. The summed E-state index contributed by atoms with van der Waals surface area (Å²) in [4.78, 5) is 25.9. The topological polar surface area (TPSA) is 64.6 Å². The van der Waals surface area contributed by atoms with Crippen LogP contribution in [0.3, 0.4) is 0 Å². The number of amides is 1. The lowest BCUT2D eigenvalue weighted by Crippen LogP contribution is -2.13. The molecule has 0 radical (unpaired) electrons. The van der Waals surface area contributed by atoms with Crippen LogP contribution in [0, 0.1) is 0 Å². The van der Waals surface area contributed by atoms with E-state index in [9.17, 15) is 9.59 Å². The van der Waals surface area contributed by atoms with Crippen LogP contribution in [0.2, 0.25) is 0 Å². The third-order valence-corrected chi connectivity index (χ3v) is 5.80. The molecule has 0 saturated heterocycles. The molecule has 1 heterocycles. The van der Waals surface area contributed by atoms with E-state index in [2.05, 4.69) is 5.32 Å². The molecule has 0 bridgehead atoms. The van der Waals surface area contributed by atoms with Crippen LogP contribution in [0.5, 0.6) is 5.75 Å². The Labute approximate surface area is 169 Å². The molecule has 0 fully saturated rings. The molecule has 1 aromatic heterocycles. The van der Waals surface area contributed by atoms with E-state index in [1.54, 1.807) is 6.08 Å². The van der Waals surface area contributed by atoms with Gasteiger partial charge < -0.3 is 14.8 Å². The molecule has 1 aliphatic rings. The van der Waals surface area contributed by atoms with Crippen molar-refractivity contribution in [3.63, 3.8) is 0 Å². The van der Waals surface area contributed by atoms with Gasteiger partial charge in [0.05, 0.1) is 19.3 Å². The first-order valence-corrected chi connectivity index (χ1v) is 10.4. The first-order chi connectivity index (χ1) is 13.6. The number of anilines is 1. The Balaban J connectivity index is 1.78. The van der Waals surface area contributed by atoms with Gasteiger partial charge in [-0.2, -0.15) is 0 Å². The summed E-state index contributed by atoms with van der Waals surface area (Å²) in [6.45, 7) is 2.67. The molecule has 1 amide bonds. The molecule has 1 N–H and O–H groups in total. The molecule has 28 heavy (non-hydrogen) atoms. The first kappa shape index (κ1) is 20.1. The number of nitrogens with one attached hydrogen (secondary N) is 1. The van der Waals surface area contributed by atoms with Gasteiger partial charge >= 0.3 is 5.97 Å². The average molecular weight is 400 g/mol. The lowest BCUT2D eigenvalue weighted by molar-refractivity contribution is -0.111. The molecule has 3 rings (SSSR count).